The van der Waals surface area contributed by atoms with Crippen LogP contribution in [0.25, 0.3) is 5.76 Å². The number of nitrogens with zero attached hydrogens (tertiary/aromatic N) is 2. The molecule has 1 N–H and O–H groups in total. The maximum Gasteiger partial charge on any atom is 0.295 e. The van der Waals surface area contributed by atoms with Crippen molar-refractivity contribution >= 4 is 17.4 Å². The van der Waals surface area contributed by atoms with Crippen LogP contribution in [0.2, 0.25) is 0 Å². The highest BCUT2D eigenvalue weighted by atomic mass is 16.3. The standard InChI is InChI=1S/C25H30N2O3/c1-5-26(6-2)15-16-27-22(19-11-7-17(3)8-12-19)21(24(29)25(27)30)23(28)20-13-9-18(4)10-14-20/h7-14,22,28H,5-6,15-16H2,1-4H3/t22-/m1/s1. The molecular weight excluding hydrogens is 376 g/mol. The number of Topliss-reactive ketones (excluding diaryl/α,β-unsaturated/α-hetero) is 1. The third-order valence-electron chi connectivity index (χ3n) is 5.81. The van der Waals surface area contributed by atoms with Gasteiger partial charge in [0.1, 0.15) is 5.76 Å². The lowest BCUT2D eigenvalue weighted by Gasteiger charge is -2.28. The van der Waals surface area contributed by atoms with Gasteiger partial charge in [-0.15, -0.1) is 0 Å². The van der Waals surface area contributed by atoms with E-state index in [4.69, 9.17) is 0 Å². The van der Waals surface area contributed by atoms with E-state index in [1.165, 1.54) is 0 Å². The lowest BCUT2D eigenvalue weighted by molar-refractivity contribution is -0.140. The van der Waals surface area contributed by atoms with Crippen molar-refractivity contribution < 1.29 is 14.7 Å². The van der Waals surface area contributed by atoms with Crippen molar-refractivity contribution in [2.75, 3.05) is 26.2 Å². The Hall–Kier alpha value is -2.92. The Kier molecular flexibility index (Phi) is 6.73. The van der Waals surface area contributed by atoms with E-state index in [0.717, 1.165) is 29.8 Å². The topological polar surface area (TPSA) is 60.9 Å². The third-order valence-corrected chi connectivity index (χ3v) is 5.81. The van der Waals surface area contributed by atoms with Crippen LogP contribution in [0.5, 0.6) is 0 Å². The molecule has 1 amide bonds. The first kappa shape index (κ1) is 21.8. The van der Waals surface area contributed by atoms with Gasteiger partial charge in [-0.05, 0) is 32.5 Å². The maximum absolute atomic E-state index is 13.0. The summed E-state index contributed by atoms with van der Waals surface area (Å²) in [5, 5.41) is 11.0. The Morgan fingerprint density at radius 2 is 1.47 bits per heavy atom. The molecule has 30 heavy (non-hydrogen) atoms. The van der Waals surface area contributed by atoms with Crippen LogP contribution >= 0.6 is 0 Å². The zero-order chi connectivity index (χ0) is 21.8. The molecule has 5 nitrogen and oxygen atoms in total. The summed E-state index contributed by atoms with van der Waals surface area (Å²) in [5.41, 5.74) is 3.68. The molecule has 0 radical (unpaired) electrons. The van der Waals surface area contributed by atoms with Gasteiger partial charge in [-0.3, -0.25) is 9.59 Å². The van der Waals surface area contributed by atoms with E-state index >= 15 is 0 Å². The van der Waals surface area contributed by atoms with E-state index in [1.807, 2.05) is 50.2 Å². The van der Waals surface area contributed by atoms with E-state index in [9.17, 15) is 14.7 Å². The fourth-order valence-electron chi connectivity index (χ4n) is 3.86. The zero-order valence-corrected chi connectivity index (χ0v) is 18.2. The molecule has 0 aromatic heterocycles. The molecule has 1 heterocycles. The molecule has 0 spiro atoms. The highest BCUT2D eigenvalue weighted by Crippen LogP contribution is 2.39. The molecule has 1 aliphatic heterocycles. The van der Waals surface area contributed by atoms with Gasteiger partial charge in [0, 0.05) is 18.7 Å². The van der Waals surface area contributed by atoms with Crippen molar-refractivity contribution in [2.45, 2.75) is 33.7 Å². The van der Waals surface area contributed by atoms with Crippen LogP contribution in [0, 0.1) is 13.8 Å². The van der Waals surface area contributed by atoms with Crippen LogP contribution in [0.1, 0.15) is 42.1 Å². The first-order valence-electron chi connectivity index (χ1n) is 10.5. The van der Waals surface area contributed by atoms with Crippen molar-refractivity contribution in [3.63, 3.8) is 0 Å². The molecule has 1 aliphatic rings. The Balaban J connectivity index is 2.08. The van der Waals surface area contributed by atoms with Gasteiger partial charge >= 0.3 is 0 Å². The van der Waals surface area contributed by atoms with Crippen molar-refractivity contribution in [1.82, 2.24) is 9.80 Å². The summed E-state index contributed by atoms with van der Waals surface area (Å²) < 4.78 is 0. The third kappa shape index (κ3) is 4.31. The number of carbonyl (C=O) groups excluding carboxylic acids is 2. The summed E-state index contributed by atoms with van der Waals surface area (Å²) in [6, 6.07) is 14.5. The highest BCUT2D eigenvalue weighted by molar-refractivity contribution is 6.46. The van der Waals surface area contributed by atoms with Crippen molar-refractivity contribution in [3.8, 4) is 0 Å². The largest absolute Gasteiger partial charge is 0.507 e. The van der Waals surface area contributed by atoms with E-state index < -0.39 is 17.7 Å². The van der Waals surface area contributed by atoms with Gasteiger partial charge in [0.15, 0.2) is 0 Å². The second kappa shape index (κ2) is 9.26. The number of likely N-dealkylation sites (N-methyl/N-ethyl adjacent to an activating group) is 1. The Labute approximate surface area is 178 Å². The van der Waals surface area contributed by atoms with Gasteiger partial charge in [-0.2, -0.15) is 0 Å². The number of hydrogen-bond donors (Lipinski definition) is 1. The van der Waals surface area contributed by atoms with Crippen LogP contribution in [-0.2, 0) is 9.59 Å². The van der Waals surface area contributed by atoms with Crippen LogP contribution < -0.4 is 0 Å². The SMILES string of the molecule is CCN(CC)CCN1C(=O)C(=O)C(=C(O)c2ccc(C)cc2)[C@H]1c1ccc(C)cc1. The normalized spacial score (nSPS) is 18.4. The number of aliphatic hydroxyl groups is 1. The van der Waals surface area contributed by atoms with Gasteiger partial charge in [0.05, 0.1) is 11.6 Å². The lowest BCUT2D eigenvalue weighted by Crippen LogP contribution is -2.38. The number of ketones is 1. The highest BCUT2D eigenvalue weighted by Gasteiger charge is 2.45. The molecular formula is C25H30N2O3. The Bertz CT molecular complexity index is 941. The van der Waals surface area contributed by atoms with Gasteiger partial charge in [0.2, 0.25) is 0 Å². The predicted molar refractivity (Wildman–Crippen MR) is 119 cm³/mol. The maximum atomic E-state index is 13.0. The predicted octanol–water partition coefficient (Wildman–Crippen LogP) is 4.07. The minimum atomic E-state index is -0.627. The zero-order valence-electron chi connectivity index (χ0n) is 18.2. The van der Waals surface area contributed by atoms with Crippen LogP contribution in [-0.4, -0.2) is 52.8 Å². The number of aryl methyl sites for hydroxylation is 2. The van der Waals surface area contributed by atoms with E-state index in [1.54, 1.807) is 17.0 Å². The number of aliphatic hydroxyl groups excluding tert-OH is 1. The second-order valence-electron chi connectivity index (χ2n) is 7.80. The first-order chi connectivity index (χ1) is 14.4. The molecule has 1 saturated heterocycles. The average molecular weight is 407 g/mol. The monoisotopic (exact) mass is 406 g/mol. The molecule has 0 saturated carbocycles. The summed E-state index contributed by atoms with van der Waals surface area (Å²) in [6.45, 7) is 11.0. The minimum Gasteiger partial charge on any atom is -0.507 e. The molecule has 5 heteroatoms. The molecule has 2 aromatic carbocycles. The fourth-order valence-corrected chi connectivity index (χ4v) is 3.86. The molecule has 3 rings (SSSR count). The molecule has 158 valence electrons. The molecule has 0 unspecified atom stereocenters. The van der Waals surface area contributed by atoms with E-state index in [2.05, 4.69) is 18.7 Å². The summed E-state index contributed by atoms with van der Waals surface area (Å²) in [4.78, 5) is 29.8. The van der Waals surface area contributed by atoms with Crippen LogP contribution in [0.4, 0.5) is 0 Å². The van der Waals surface area contributed by atoms with E-state index in [0.29, 0.717) is 18.7 Å². The van der Waals surface area contributed by atoms with E-state index in [-0.39, 0.29) is 11.3 Å². The van der Waals surface area contributed by atoms with Gasteiger partial charge in [-0.1, -0.05) is 73.5 Å². The Morgan fingerprint density at radius 1 is 0.933 bits per heavy atom. The van der Waals surface area contributed by atoms with Crippen molar-refractivity contribution in [3.05, 3.63) is 76.4 Å². The van der Waals surface area contributed by atoms with Crippen LogP contribution in [0.15, 0.2) is 54.1 Å². The van der Waals surface area contributed by atoms with Crippen LogP contribution in [0.3, 0.4) is 0 Å². The minimum absolute atomic E-state index is 0.121. The first-order valence-corrected chi connectivity index (χ1v) is 10.5. The number of likely N-dealkylation sites (tertiary alicyclic amines) is 1. The van der Waals surface area contributed by atoms with Gasteiger partial charge in [0.25, 0.3) is 11.7 Å². The number of hydrogen-bond acceptors (Lipinski definition) is 4. The van der Waals surface area contributed by atoms with Gasteiger partial charge in [-0.25, -0.2) is 0 Å². The van der Waals surface area contributed by atoms with Crippen molar-refractivity contribution in [2.24, 2.45) is 0 Å². The smallest absolute Gasteiger partial charge is 0.295 e. The number of benzene rings is 2. The summed E-state index contributed by atoms with van der Waals surface area (Å²) in [6.07, 6.45) is 0. The number of amides is 1. The molecule has 0 bridgehead atoms. The molecule has 1 atom stereocenters. The average Bonchev–Trinajstić information content (AvgIpc) is 3.00. The number of carbonyl (C=O) groups is 2. The van der Waals surface area contributed by atoms with Crippen molar-refractivity contribution in [1.29, 1.82) is 0 Å². The fraction of sp³-hybridized carbons (Fsp3) is 0.360. The van der Waals surface area contributed by atoms with Gasteiger partial charge < -0.3 is 14.9 Å². The Morgan fingerprint density at radius 3 is 2.00 bits per heavy atom. The summed E-state index contributed by atoms with van der Waals surface area (Å²) in [7, 11) is 0. The summed E-state index contributed by atoms with van der Waals surface area (Å²) >= 11 is 0. The molecule has 0 aliphatic carbocycles. The molecule has 2 aromatic rings. The number of rotatable bonds is 7. The second-order valence-corrected chi connectivity index (χ2v) is 7.80. The lowest BCUT2D eigenvalue weighted by atomic mass is 9.94. The quantitative estimate of drug-likeness (QED) is 0.428. The molecule has 1 fully saturated rings. The summed E-state index contributed by atoms with van der Waals surface area (Å²) in [5.74, 6) is -1.30.